The lowest BCUT2D eigenvalue weighted by Crippen LogP contribution is -2.34. The van der Waals surface area contributed by atoms with Gasteiger partial charge in [-0.3, -0.25) is 14.9 Å². The number of nitrogens with zero attached hydrogens (tertiary/aromatic N) is 1. The number of amides is 1. The summed E-state index contributed by atoms with van der Waals surface area (Å²) in [5.74, 6) is -1.47. The zero-order valence-corrected chi connectivity index (χ0v) is 13.4. The van der Waals surface area contributed by atoms with E-state index in [-0.39, 0.29) is 5.76 Å². The number of esters is 1. The molecule has 0 bridgehead atoms. The van der Waals surface area contributed by atoms with E-state index in [1.54, 1.807) is 0 Å². The van der Waals surface area contributed by atoms with Gasteiger partial charge in [-0.1, -0.05) is 6.07 Å². The molecule has 0 saturated carbocycles. The lowest BCUT2D eigenvalue weighted by atomic mass is 10.3. The van der Waals surface area contributed by atoms with E-state index in [2.05, 4.69) is 5.32 Å². The Kier molecular flexibility index (Phi) is 5.85. The molecule has 1 atom stereocenters. The maximum absolute atomic E-state index is 11.8. The van der Waals surface area contributed by atoms with Crippen LogP contribution in [0, 0.1) is 10.1 Å². The maximum Gasteiger partial charge on any atom is 0.433 e. The number of carbonyl (C=O) groups is 2. The molecule has 9 heteroatoms. The van der Waals surface area contributed by atoms with E-state index in [1.807, 2.05) is 17.5 Å². The molecule has 0 spiro atoms. The summed E-state index contributed by atoms with van der Waals surface area (Å²) >= 11 is 1.51. The van der Waals surface area contributed by atoms with Gasteiger partial charge in [0.25, 0.3) is 5.91 Å². The van der Waals surface area contributed by atoms with Gasteiger partial charge in [-0.2, -0.15) is 0 Å². The van der Waals surface area contributed by atoms with Gasteiger partial charge >= 0.3 is 11.9 Å². The minimum absolute atomic E-state index is 0.133. The molecular formula is C15H14N2O6S. The quantitative estimate of drug-likeness (QED) is 0.355. The maximum atomic E-state index is 11.8. The highest BCUT2D eigenvalue weighted by Gasteiger charge is 2.16. The van der Waals surface area contributed by atoms with E-state index in [9.17, 15) is 19.7 Å². The molecule has 2 aromatic rings. The summed E-state index contributed by atoms with van der Waals surface area (Å²) in [6.45, 7) is 1.82. The van der Waals surface area contributed by atoms with Crippen molar-refractivity contribution in [3.05, 3.63) is 56.5 Å². The van der Waals surface area contributed by atoms with Gasteiger partial charge in [0.2, 0.25) is 0 Å². The van der Waals surface area contributed by atoms with Crippen molar-refractivity contribution in [2.75, 3.05) is 0 Å². The third kappa shape index (κ3) is 5.06. The predicted molar refractivity (Wildman–Crippen MR) is 86.1 cm³/mol. The Morgan fingerprint density at radius 3 is 2.88 bits per heavy atom. The summed E-state index contributed by atoms with van der Waals surface area (Å²) in [7, 11) is 0. The predicted octanol–water partition coefficient (Wildman–Crippen LogP) is 2.51. The van der Waals surface area contributed by atoms with E-state index < -0.39 is 28.8 Å². The molecule has 2 aromatic heterocycles. The average molecular weight is 350 g/mol. The SMILES string of the molecule is C[C@H](OC(=O)/C=C/c1ccc([N+](=O)[O-])o1)C(=O)NCc1cccs1. The molecule has 0 aliphatic heterocycles. The lowest BCUT2D eigenvalue weighted by molar-refractivity contribution is -0.402. The van der Waals surface area contributed by atoms with Crippen LogP contribution in [0.2, 0.25) is 0 Å². The first-order chi connectivity index (χ1) is 11.5. The van der Waals surface area contributed by atoms with Gasteiger partial charge in [0.15, 0.2) is 6.10 Å². The fourth-order valence-electron chi connectivity index (χ4n) is 1.68. The Balaban J connectivity index is 1.80. The Labute approximate surface area is 140 Å². The summed E-state index contributed by atoms with van der Waals surface area (Å²) in [5.41, 5.74) is 0. The topological polar surface area (TPSA) is 112 Å². The molecule has 0 aliphatic rings. The summed E-state index contributed by atoms with van der Waals surface area (Å²) in [5, 5.41) is 15.0. The third-order valence-corrected chi connectivity index (χ3v) is 3.73. The first-order valence-corrected chi connectivity index (χ1v) is 7.76. The van der Waals surface area contributed by atoms with E-state index in [1.165, 1.54) is 36.5 Å². The number of hydrogen-bond donors (Lipinski definition) is 1. The summed E-state index contributed by atoms with van der Waals surface area (Å²) < 4.78 is 9.80. The minimum Gasteiger partial charge on any atom is -0.449 e. The van der Waals surface area contributed by atoms with Gasteiger partial charge < -0.3 is 14.5 Å². The summed E-state index contributed by atoms with van der Waals surface area (Å²) in [4.78, 5) is 34.2. The minimum atomic E-state index is -0.965. The van der Waals surface area contributed by atoms with Gasteiger partial charge in [0, 0.05) is 11.0 Å². The first-order valence-electron chi connectivity index (χ1n) is 6.88. The average Bonchev–Trinajstić information content (AvgIpc) is 3.21. The van der Waals surface area contributed by atoms with Crippen LogP contribution in [0.25, 0.3) is 6.08 Å². The smallest absolute Gasteiger partial charge is 0.433 e. The van der Waals surface area contributed by atoms with Crippen LogP contribution < -0.4 is 5.32 Å². The summed E-state index contributed by atoms with van der Waals surface area (Å²) in [6, 6.07) is 6.27. The number of rotatable bonds is 7. The molecule has 2 rings (SSSR count). The molecule has 8 nitrogen and oxygen atoms in total. The second kappa shape index (κ2) is 8.06. The number of nitrogens with one attached hydrogen (secondary N) is 1. The molecule has 0 fully saturated rings. The first kappa shape index (κ1) is 17.4. The van der Waals surface area contributed by atoms with E-state index in [0.29, 0.717) is 6.54 Å². The molecule has 0 unspecified atom stereocenters. The van der Waals surface area contributed by atoms with Crippen LogP contribution in [0.4, 0.5) is 5.88 Å². The van der Waals surface area contributed by atoms with Crippen molar-refractivity contribution in [3.8, 4) is 0 Å². The highest BCUT2D eigenvalue weighted by atomic mass is 32.1. The number of ether oxygens (including phenoxy) is 1. The van der Waals surface area contributed by atoms with Crippen molar-refractivity contribution in [2.24, 2.45) is 0 Å². The Hall–Kier alpha value is -2.94. The monoisotopic (exact) mass is 350 g/mol. The third-order valence-electron chi connectivity index (χ3n) is 2.86. The van der Waals surface area contributed by atoms with Gasteiger partial charge in [0.05, 0.1) is 12.6 Å². The fourth-order valence-corrected chi connectivity index (χ4v) is 2.32. The highest BCUT2D eigenvalue weighted by Crippen LogP contribution is 2.16. The molecule has 1 amide bonds. The Bertz CT molecular complexity index is 750. The normalized spacial score (nSPS) is 12.0. The number of thiophene rings is 1. The van der Waals surface area contributed by atoms with Gasteiger partial charge in [0.1, 0.15) is 10.7 Å². The molecule has 126 valence electrons. The van der Waals surface area contributed by atoms with Gasteiger partial charge in [-0.25, -0.2) is 4.79 Å². The zero-order chi connectivity index (χ0) is 17.5. The molecule has 0 radical (unpaired) electrons. The van der Waals surface area contributed by atoms with Crippen molar-refractivity contribution in [3.63, 3.8) is 0 Å². The zero-order valence-electron chi connectivity index (χ0n) is 12.6. The Morgan fingerprint density at radius 1 is 1.46 bits per heavy atom. The second-order valence-electron chi connectivity index (χ2n) is 4.64. The van der Waals surface area contributed by atoms with E-state index >= 15 is 0 Å². The Morgan fingerprint density at radius 2 is 2.25 bits per heavy atom. The molecular weight excluding hydrogens is 336 g/mol. The van der Waals surface area contributed by atoms with Crippen molar-refractivity contribution < 1.29 is 23.7 Å². The van der Waals surface area contributed by atoms with Crippen LogP contribution >= 0.6 is 11.3 Å². The van der Waals surface area contributed by atoms with Crippen LogP contribution in [0.5, 0.6) is 0 Å². The van der Waals surface area contributed by atoms with Crippen molar-refractivity contribution >= 4 is 35.2 Å². The van der Waals surface area contributed by atoms with Gasteiger partial charge in [-0.05, 0) is 30.5 Å². The number of nitro groups is 1. The molecule has 0 saturated heterocycles. The lowest BCUT2D eigenvalue weighted by Gasteiger charge is -2.11. The standard InChI is InChI=1S/C15H14N2O6S/c1-10(15(19)16-9-12-3-2-8-24-12)22-14(18)7-5-11-4-6-13(23-11)17(20)21/h2-8,10H,9H2,1H3,(H,16,19)/b7-5+/t10-/m0/s1. The number of carbonyl (C=O) groups excluding carboxylic acids is 2. The number of hydrogen-bond acceptors (Lipinski definition) is 7. The number of furan rings is 1. The largest absolute Gasteiger partial charge is 0.449 e. The molecule has 0 aromatic carbocycles. The van der Waals surface area contributed by atoms with E-state index in [0.717, 1.165) is 11.0 Å². The molecule has 24 heavy (non-hydrogen) atoms. The van der Waals surface area contributed by atoms with Crippen LogP contribution in [-0.4, -0.2) is 22.9 Å². The van der Waals surface area contributed by atoms with Crippen molar-refractivity contribution in [1.29, 1.82) is 0 Å². The molecule has 1 N–H and O–H groups in total. The van der Waals surface area contributed by atoms with Crippen LogP contribution in [0.1, 0.15) is 17.6 Å². The van der Waals surface area contributed by atoms with Gasteiger partial charge in [-0.15, -0.1) is 11.3 Å². The molecule has 0 aliphatic carbocycles. The van der Waals surface area contributed by atoms with Crippen LogP contribution in [0.15, 0.2) is 40.1 Å². The highest BCUT2D eigenvalue weighted by molar-refractivity contribution is 7.09. The van der Waals surface area contributed by atoms with Crippen molar-refractivity contribution in [1.82, 2.24) is 5.32 Å². The van der Waals surface area contributed by atoms with Crippen LogP contribution in [-0.2, 0) is 20.9 Å². The second-order valence-corrected chi connectivity index (χ2v) is 5.67. The van der Waals surface area contributed by atoms with Crippen molar-refractivity contribution in [2.45, 2.75) is 19.6 Å². The van der Waals surface area contributed by atoms with E-state index in [4.69, 9.17) is 9.15 Å². The fraction of sp³-hybridized carbons (Fsp3) is 0.200. The van der Waals surface area contributed by atoms with Crippen LogP contribution in [0.3, 0.4) is 0 Å². The summed E-state index contributed by atoms with van der Waals surface area (Å²) in [6.07, 6.45) is 1.30. The molecule has 2 heterocycles.